The normalized spacial score (nSPS) is 12.5. The van der Waals surface area contributed by atoms with Crippen LogP contribution in [-0.2, 0) is 19.2 Å². The number of carbonyl (C=O) groups excluding carboxylic acids is 2. The van der Waals surface area contributed by atoms with E-state index >= 15 is 0 Å². The van der Waals surface area contributed by atoms with Crippen molar-refractivity contribution < 1.29 is 39.3 Å². The van der Waals surface area contributed by atoms with E-state index in [2.05, 4.69) is 10.6 Å². The number of urea groups is 1. The molecule has 6 N–H and O–H groups in total. The molecule has 0 aliphatic heterocycles. The van der Waals surface area contributed by atoms with Crippen LogP contribution in [0.25, 0.3) is 0 Å². The smallest absolute Gasteiger partial charge is 0.326 e. The zero-order chi connectivity index (χ0) is 20.1. The molecule has 1 unspecified atom stereocenters. The van der Waals surface area contributed by atoms with E-state index in [1.54, 1.807) is 6.92 Å². The topological polar surface area (TPSA) is 182 Å². The molecule has 2 atom stereocenters. The van der Waals surface area contributed by atoms with Gasteiger partial charge in [-0.2, -0.15) is 0 Å². The lowest BCUT2D eigenvalue weighted by Gasteiger charge is -2.18. The van der Waals surface area contributed by atoms with Gasteiger partial charge >= 0.3 is 23.9 Å². The molecule has 0 saturated carbocycles. The molecule has 0 saturated heterocycles. The van der Waals surface area contributed by atoms with Gasteiger partial charge in [0, 0.05) is 19.4 Å². The van der Waals surface area contributed by atoms with Crippen molar-refractivity contribution in [3.63, 3.8) is 0 Å². The van der Waals surface area contributed by atoms with Crippen LogP contribution < -0.4 is 16.0 Å². The standard InChI is InChI=1S/C15H25N3O8/c1-2-11(19)16-8-4-3-5-9(13(22)23)17-15(26)18-10(14(24)25)6-7-12(20)21/h9-10H,2-8H2,1H3,(H,16,19)(H,20,21)(H,22,23)(H,24,25)(H2,17,18,26)/t9-,10?/m0/s1. The van der Waals surface area contributed by atoms with Gasteiger partial charge in [-0.25, -0.2) is 14.4 Å². The highest BCUT2D eigenvalue weighted by Crippen LogP contribution is 2.03. The minimum absolute atomic E-state index is 0.0949. The molecule has 0 bridgehead atoms. The number of carbonyl (C=O) groups is 5. The van der Waals surface area contributed by atoms with Crippen molar-refractivity contribution in [2.45, 2.75) is 57.5 Å². The summed E-state index contributed by atoms with van der Waals surface area (Å²) in [6.45, 7) is 2.10. The van der Waals surface area contributed by atoms with Crippen molar-refractivity contribution in [1.29, 1.82) is 0 Å². The summed E-state index contributed by atoms with van der Waals surface area (Å²) in [4.78, 5) is 55.5. The van der Waals surface area contributed by atoms with Gasteiger partial charge in [0.25, 0.3) is 0 Å². The van der Waals surface area contributed by atoms with Crippen LogP contribution in [0, 0.1) is 0 Å². The molecule has 0 aromatic carbocycles. The molecule has 0 aromatic heterocycles. The molecule has 11 heteroatoms. The summed E-state index contributed by atoms with van der Waals surface area (Å²) < 4.78 is 0. The Morgan fingerprint density at radius 1 is 0.846 bits per heavy atom. The third-order valence-electron chi connectivity index (χ3n) is 3.42. The van der Waals surface area contributed by atoms with Gasteiger partial charge in [0.1, 0.15) is 12.1 Å². The van der Waals surface area contributed by atoms with Crippen LogP contribution in [0.15, 0.2) is 0 Å². The van der Waals surface area contributed by atoms with Crippen molar-refractivity contribution >= 4 is 29.8 Å². The fraction of sp³-hybridized carbons (Fsp3) is 0.667. The minimum Gasteiger partial charge on any atom is -0.481 e. The number of unbranched alkanes of at least 4 members (excludes halogenated alkanes) is 1. The quantitative estimate of drug-likeness (QED) is 0.238. The molecule has 0 radical (unpaired) electrons. The van der Waals surface area contributed by atoms with Gasteiger partial charge in [0.15, 0.2) is 0 Å². The lowest BCUT2D eigenvalue weighted by Crippen LogP contribution is -2.51. The Labute approximate surface area is 150 Å². The Hall–Kier alpha value is -2.85. The first-order chi connectivity index (χ1) is 12.2. The second kappa shape index (κ2) is 12.5. The summed E-state index contributed by atoms with van der Waals surface area (Å²) in [5.41, 5.74) is 0. The average molecular weight is 375 g/mol. The predicted molar refractivity (Wildman–Crippen MR) is 88.5 cm³/mol. The van der Waals surface area contributed by atoms with Crippen LogP contribution in [0.2, 0.25) is 0 Å². The molecule has 0 spiro atoms. The predicted octanol–water partition coefficient (Wildman–Crippen LogP) is -0.247. The van der Waals surface area contributed by atoms with Crippen LogP contribution in [0.3, 0.4) is 0 Å². The third-order valence-corrected chi connectivity index (χ3v) is 3.42. The number of carboxylic acids is 3. The van der Waals surface area contributed by atoms with Crippen LogP contribution in [0.5, 0.6) is 0 Å². The van der Waals surface area contributed by atoms with Crippen molar-refractivity contribution in [2.75, 3.05) is 6.54 Å². The third kappa shape index (κ3) is 10.8. The molecule has 26 heavy (non-hydrogen) atoms. The maximum absolute atomic E-state index is 11.8. The first-order valence-electron chi connectivity index (χ1n) is 8.18. The van der Waals surface area contributed by atoms with Crippen LogP contribution in [0.4, 0.5) is 4.79 Å². The molecule has 0 rings (SSSR count). The van der Waals surface area contributed by atoms with Crippen molar-refractivity contribution in [3.05, 3.63) is 0 Å². The molecule has 0 aliphatic rings. The Kier molecular flexibility index (Phi) is 11.1. The monoisotopic (exact) mass is 375 g/mol. The first kappa shape index (κ1) is 23.1. The zero-order valence-corrected chi connectivity index (χ0v) is 14.5. The molecule has 148 valence electrons. The van der Waals surface area contributed by atoms with Gasteiger partial charge in [0.05, 0.1) is 0 Å². The first-order valence-corrected chi connectivity index (χ1v) is 8.18. The lowest BCUT2D eigenvalue weighted by molar-refractivity contribution is -0.140. The fourth-order valence-electron chi connectivity index (χ4n) is 1.97. The lowest BCUT2D eigenvalue weighted by atomic mass is 10.1. The van der Waals surface area contributed by atoms with E-state index in [4.69, 9.17) is 15.3 Å². The second-order valence-corrected chi connectivity index (χ2v) is 5.53. The van der Waals surface area contributed by atoms with E-state index in [1.165, 1.54) is 0 Å². The highest BCUT2D eigenvalue weighted by atomic mass is 16.4. The number of nitrogens with one attached hydrogen (secondary N) is 3. The fourth-order valence-corrected chi connectivity index (χ4v) is 1.97. The molecular formula is C15H25N3O8. The van der Waals surface area contributed by atoms with E-state index in [0.717, 1.165) is 0 Å². The molecule has 0 heterocycles. The van der Waals surface area contributed by atoms with Crippen LogP contribution >= 0.6 is 0 Å². The van der Waals surface area contributed by atoms with E-state index in [9.17, 15) is 24.0 Å². The number of carboxylic acid groups (broad SMARTS) is 3. The average Bonchev–Trinajstić information content (AvgIpc) is 2.56. The van der Waals surface area contributed by atoms with Gasteiger partial charge in [-0.1, -0.05) is 6.92 Å². The maximum Gasteiger partial charge on any atom is 0.326 e. The van der Waals surface area contributed by atoms with Crippen molar-refractivity contribution in [3.8, 4) is 0 Å². The van der Waals surface area contributed by atoms with Gasteiger partial charge in [0.2, 0.25) is 5.91 Å². The van der Waals surface area contributed by atoms with Crippen molar-refractivity contribution in [1.82, 2.24) is 16.0 Å². The Bertz CT molecular complexity index is 523. The summed E-state index contributed by atoms with van der Waals surface area (Å²) >= 11 is 0. The number of amides is 3. The molecule has 0 aliphatic carbocycles. The molecule has 0 aromatic rings. The van der Waals surface area contributed by atoms with Gasteiger partial charge in [-0.05, 0) is 25.7 Å². The van der Waals surface area contributed by atoms with E-state index in [1.807, 2.05) is 5.32 Å². The minimum atomic E-state index is -1.44. The Morgan fingerprint density at radius 2 is 1.38 bits per heavy atom. The summed E-state index contributed by atoms with van der Waals surface area (Å²) in [6.07, 6.45) is 0.609. The molecular weight excluding hydrogens is 350 g/mol. The number of rotatable bonds is 13. The second-order valence-electron chi connectivity index (χ2n) is 5.53. The maximum atomic E-state index is 11.8. The van der Waals surface area contributed by atoms with Gasteiger partial charge in [-0.15, -0.1) is 0 Å². The largest absolute Gasteiger partial charge is 0.481 e. The zero-order valence-electron chi connectivity index (χ0n) is 14.5. The van der Waals surface area contributed by atoms with E-state index in [-0.39, 0.29) is 18.7 Å². The SMILES string of the molecule is CCC(=O)NCCCC[C@H](NC(=O)NC(CCC(=O)O)C(=O)O)C(=O)O. The highest BCUT2D eigenvalue weighted by Gasteiger charge is 2.24. The van der Waals surface area contributed by atoms with Crippen LogP contribution in [0.1, 0.15) is 45.4 Å². The number of hydrogen-bond acceptors (Lipinski definition) is 5. The van der Waals surface area contributed by atoms with Gasteiger partial charge < -0.3 is 31.3 Å². The van der Waals surface area contributed by atoms with E-state index in [0.29, 0.717) is 25.8 Å². The Balaban J connectivity index is 4.39. The number of hydrogen-bond donors (Lipinski definition) is 6. The summed E-state index contributed by atoms with van der Waals surface area (Å²) in [6, 6.07) is -3.68. The van der Waals surface area contributed by atoms with Crippen molar-refractivity contribution in [2.24, 2.45) is 0 Å². The molecule has 3 amide bonds. The van der Waals surface area contributed by atoms with Crippen LogP contribution in [-0.4, -0.2) is 63.8 Å². The van der Waals surface area contributed by atoms with E-state index < -0.39 is 42.4 Å². The summed E-state index contributed by atoms with van der Waals surface area (Å²) in [5, 5.41) is 33.5. The number of aliphatic carboxylic acids is 3. The summed E-state index contributed by atoms with van der Waals surface area (Å²) in [5.74, 6) is -4.02. The summed E-state index contributed by atoms with van der Waals surface area (Å²) in [7, 11) is 0. The Morgan fingerprint density at radius 3 is 1.85 bits per heavy atom. The molecule has 0 fully saturated rings. The molecule has 11 nitrogen and oxygen atoms in total. The highest BCUT2D eigenvalue weighted by molar-refractivity contribution is 5.86. The van der Waals surface area contributed by atoms with Gasteiger partial charge in [-0.3, -0.25) is 9.59 Å².